The van der Waals surface area contributed by atoms with Gasteiger partial charge in [0, 0.05) is 28.6 Å². The molecule has 0 amide bonds. The van der Waals surface area contributed by atoms with E-state index in [1.807, 2.05) is 6.07 Å². The molecule has 1 atom stereocenters. The van der Waals surface area contributed by atoms with Crippen molar-refractivity contribution in [3.8, 4) is 17.1 Å². The number of pyridine rings is 2. The average Bonchev–Trinajstić information content (AvgIpc) is 3.15. The third kappa shape index (κ3) is 2.87. The second-order valence-electron chi connectivity index (χ2n) is 8.41. The van der Waals surface area contributed by atoms with Gasteiger partial charge in [-0.1, -0.05) is 13.8 Å². The molecule has 2 aliphatic heterocycles. The largest absolute Gasteiger partial charge is 0.508 e. The number of aliphatic hydroxyl groups is 1. The molecule has 0 radical (unpaired) electrons. The van der Waals surface area contributed by atoms with Gasteiger partial charge in [-0.05, 0) is 43.7 Å². The van der Waals surface area contributed by atoms with Crippen LogP contribution >= 0.6 is 0 Å². The predicted molar refractivity (Wildman–Crippen MR) is 118 cm³/mol. The van der Waals surface area contributed by atoms with Gasteiger partial charge in [-0.25, -0.2) is 9.78 Å². The van der Waals surface area contributed by atoms with Crippen LogP contribution in [0.1, 0.15) is 48.9 Å². The van der Waals surface area contributed by atoms with Gasteiger partial charge in [0.05, 0.1) is 29.0 Å². The number of nitrogens with one attached hydrogen (secondary N) is 1. The second kappa shape index (κ2) is 7.43. The third-order valence-corrected chi connectivity index (χ3v) is 6.51. The topological polar surface area (TPSA) is 114 Å². The van der Waals surface area contributed by atoms with E-state index >= 15 is 0 Å². The SMILES string of the molecule is CCCNCc1c(O)ccc2nc3c(cc12)Cn1c-3cc2c(c1=O)COC(=O)[C@]2(O)CC. The number of phenolic OH excluding ortho intramolecular Hbond substituents is 1. The number of carbonyl (C=O) groups is 1. The van der Waals surface area contributed by atoms with E-state index in [4.69, 9.17) is 9.72 Å². The molecule has 5 rings (SSSR count). The van der Waals surface area contributed by atoms with E-state index in [2.05, 4.69) is 12.2 Å². The van der Waals surface area contributed by atoms with Crippen molar-refractivity contribution < 1.29 is 19.7 Å². The zero-order valence-corrected chi connectivity index (χ0v) is 18.1. The first-order valence-electron chi connectivity index (χ1n) is 10.9. The molecule has 8 nitrogen and oxygen atoms in total. The van der Waals surface area contributed by atoms with Gasteiger partial charge in [0.25, 0.3) is 5.56 Å². The van der Waals surface area contributed by atoms with Gasteiger partial charge in [-0.2, -0.15) is 0 Å². The quantitative estimate of drug-likeness (QED) is 0.326. The molecular formula is C24H25N3O5. The van der Waals surface area contributed by atoms with Crippen LogP contribution in [0.2, 0.25) is 0 Å². The third-order valence-electron chi connectivity index (χ3n) is 6.51. The number of fused-ring (bicyclic) bond motifs is 5. The minimum atomic E-state index is -1.84. The first-order chi connectivity index (χ1) is 15.4. The van der Waals surface area contributed by atoms with Gasteiger partial charge in [0.1, 0.15) is 12.4 Å². The van der Waals surface area contributed by atoms with E-state index in [0.717, 1.165) is 29.5 Å². The Morgan fingerprint density at radius 3 is 2.81 bits per heavy atom. The predicted octanol–water partition coefficient (Wildman–Crippen LogP) is 2.28. The molecule has 0 aliphatic carbocycles. The highest BCUT2D eigenvalue weighted by Crippen LogP contribution is 2.39. The van der Waals surface area contributed by atoms with Gasteiger partial charge in [-0.15, -0.1) is 0 Å². The number of cyclic esters (lactones) is 1. The van der Waals surface area contributed by atoms with Crippen molar-refractivity contribution in [3.63, 3.8) is 0 Å². The van der Waals surface area contributed by atoms with Crippen LogP contribution in [0.4, 0.5) is 0 Å². The van der Waals surface area contributed by atoms with Crippen molar-refractivity contribution in [3.05, 3.63) is 56.9 Å². The van der Waals surface area contributed by atoms with Crippen LogP contribution in [0.25, 0.3) is 22.3 Å². The van der Waals surface area contributed by atoms with Crippen molar-refractivity contribution in [2.75, 3.05) is 6.54 Å². The molecule has 3 aromatic rings. The Morgan fingerprint density at radius 1 is 1.25 bits per heavy atom. The summed E-state index contributed by atoms with van der Waals surface area (Å²) in [6.07, 6.45) is 1.09. The maximum Gasteiger partial charge on any atom is 0.343 e. The zero-order valence-electron chi connectivity index (χ0n) is 18.1. The summed E-state index contributed by atoms with van der Waals surface area (Å²) in [5, 5.41) is 25.6. The summed E-state index contributed by atoms with van der Waals surface area (Å²) in [4.78, 5) is 30.4. The molecule has 0 saturated heterocycles. The molecule has 166 valence electrons. The van der Waals surface area contributed by atoms with Crippen LogP contribution in [0, 0.1) is 0 Å². The molecule has 0 unspecified atom stereocenters. The Labute approximate surface area is 184 Å². The fourth-order valence-corrected chi connectivity index (χ4v) is 4.68. The monoisotopic (exact) mass is 435 g/mol. The molecule has 32 heavy (non-hydrogen) atoms. The van der Waals surface area contributed by atoms with Crippen molar-refractivity contribution in [1.29, 1.82) is 0 Å². The molecular weight excluding hydrogens is 410 g/mol. The molecule has 2 aromatic heterocycles. The summed E-state index contributed by atoms with van der Waals surface area (Å²) in [6.45, 7) is 5.29. The van der Waals surface area contributed by atoms with Crippen LogP contribution in [-0.4, -0.2) is 32.3 Å². The number of phenols is 1. The highest BCUT2D eigenvalue weighted by molar-refractivity contribution is 5.89. The number of rotatable bonds is 5. The van der Waals surface area contributed by atoms with Crippen LogP contribution in [0.5, 0.6) is 5.75 Å². The van der Waals surface area contributed by atoms with Gasteiger partial charge >= 0.3 is 5.97 Å². The number of aromatic nitrogens is 2. The Bertz CT molecular complexity index is 1330. The highest BCUT2D eigenvalue weighted by atomic mass is 16.6. The van der Waals surface area contributed by atoms with E-state index in [1.54, 1.807) is 29.7 Å². The van der Waals surface area contributed by atoms with Crippen molar-refractivity contribution >= 4 is 16.9 Å². The number of hydrogen-bond acceptors (Lipinski definition) is 7. The lowest BCUT2D eigenvalue weighted by Crippen LogP contribution is -2.44. The molecule has 8 heteroatoms. The molecule has 2 aliphatic rings. The molecule has 1 aromatic carbocycles. The Balaban J connectivity index is 1.69. The number of carbonyl (C=O) groups excluding carboxylic acids is 1. The first-order valence-corrected chi connectivity index (χ1v) is 10.9. The number of esters is 1. The number of hydrogen-bond donors (Lipinski definition) is 3. The number of aromatic hydroxyl groups is 1. The summed E-state index contributed by atoms with van der Waals surface area (Å²) in [5.41, 5.74) is 2.03. The minimum absolute atomic E-state index is 0.104. The van der Waals surface area contributed by atoms with Crippen LogP contribution in [0.15, 0.2) is 29.1 Å². The molecule has 0 saturated carbocycles. The Kier molecular flexibility index (Phi) is 4.79. The van der Waals surface area contributed by atoms with Gasteiger partial charge in [0.2, 0.25) is 0 Å². The smallest absolute Gasteiger partial charge is 0.343 e. The normalized spacial score (nSPS) is 18.9. The van der Waals surface area contributed by atoms with Gasteiger partial charge in [0.15, 0.2) is 5.60 Å². The van der Waals surface area contributed by atoms with Crippen LogP contribution in [0.3, 0.4) is 0 Å². The van der Waals surface area contributed by atoms with Crippen LogP contribution < -0.4 is 10.9 Å². The fourth-order valence-electron chi connectivity index (χ4n) is 4.68. The minimum Gasteiger partial charge on any atom is -0.508 e. The van der Waals surface area contributed by atoms with E-state index < -0.39 is 11.6 Å². The molecule has 4 heterocycles. The summed E-state index contributed by atoms with van der Waals surface area (Å²) in [6, 6.07) is 7.06. The number of benzene rings is 1. The van der Waals surface area contributed by atoms with E-state index in [9.17, 15) is 19.8 Å². The number of nitrogens with zero attached hydrogens (tertiary/aromatic N) is 2. The second-order valence-corrected chi connectivity index (χ2v) is 8.41. The summed E-state index contributed by atoms with van der Waals surface area (Å²) in [5.74, 6) is -0.532. The standard InChI is InChI=1S/C24H25N3O5/c1-3-7-25-10-15-14-8-13-11-27-19(21(13)26-18(14)5-6-20(15)28)9-17-16(22(27)29)12-32-23(30)24(17,31)4-2/h5-6,8-9,25,28,31H,3-4,7,10-12H2,1-2H3/t24-/m0/s1. The first kappa shape index (κ1) is 20.7. The Hall–Kier alpha value is -3.23. The van der Waals surface area contributed by atoms with Gasteiger partial charge in [-0.3, -0.25) is 4.79 Å². The van der Waals surface area contributed by atoms with Crippen LogP contribution in [-0.2, 0) is 34.8 Å². The van der Waals surface area contributed by atoms with E-state index in [1.165, 1.54) is 0 Å². The van der Waals surface area contributed by atoms with Crippen molar-refractivity contribution in [1.82, 2.24) is 14.9 Å². The highest BCUT2D eigenvalue weighted by Gasteiger charge is 2.45. The summed E-state index contributed by atoms with van der Waals surface area (Å²) >= 11 is 0. The molecule has 0 fully saturated rings. The zero-order chi connectivity index (χ0) is 22.6. The lowest BCUT2D eigenvalue weighted by Gasteiger charge is -2.31. The van der Waals surface area contributed by atoms with Gasteiger partial charge < -0.3 is 24.8 Å². The number of ether oxygens (including phenoxy) is 1. The lowest BCUT2D eigenvalue weighted by molar-refractivity contribution is -0.172. The maximum atomic E-state index is 13.3. The van der Waals surface area contributed by atoms with E-state index in [0.29, 0.717) is 41.1 Å². The molecule has 0 spiro atoms. The van der Waals surface area contributed by atoms with Crippen molar-refractivity contribution in [2.24, 2.45) is 0 Å². The summed E-state index contributed by atoms with van der Waals surface area (Å²) < 4.78 is 6.73. The molecule has 0 bridgehead atoms. The van der Waals surface area contributed by atoms with E-state index in [-0.39, 0.29) is 24.3 Å². The fraction of sp³-hybridized carbons (Fsp3) is 0.375. The summed E-state index contributed by atoms with van der Waals surface area (Å²) in [7, 11) is 0. The average molecular weight is 435 g/mol. The lowest BCUT2D eigenvalue weighted by atomic mass is 9.86. The molecule has 3 N–H and O–H groups in total. The maximum absolute atomic E-state index is 13.3. The Morgan fingerprint density at radius 2 is 2.06 bits per heavy atom. The van der Waals surface area contributed by atoms with Crippen molar-refractivity contribution in [2.45, 2.75) is 52.0 Å².